The summed E-state index contributed by atoms with van der Waals surface area (Å²) in [5.41, 5.74) is 4.14. The van der Waals surface area contributed by atoms with Crippen LogP contribution >= 0.6 is 34.8 Å². The second-order valence-electron chi connectivity index (χ2n) is 7.13. The van der Waals surface area contributed by atoms with Gasteiger partial charge >= 0.3 is 18.4 Å². The van der Waals surface area contributed by atoms with Crippen LogP contribution in [0.1, 0.15) is 33.0 Å². The fraction of sp³-hybridized carbons (Fsp3) is 0.238. The number of aryl methyl sites for hydroxylation is 1. The summed E-state index contributed by atoms with van der Waals surface area (Å²) in [5.74, 6) is -2.91. The molecule has 0 aliphatic heterocycles. The van der Waals surface area contributed by atoms with E-state index in [9.17, 15) is 35.9 Å². The number of benzene rings is 2. The van der Waals surface area contributed by atoms with E-state index >= 15 is 0 Å². The van der Waals surface area contributed by atoms with Crippen molar-refractivity contribution in [2.75, 3.05) is 6.54 Å². The summed E-state index contributed by atoms with van der Waals surface area (Å²) < 4.78 is 77.2. The first-order valence-electron chi connectivity index (χ1n) is 9.49. The highest BCUT2D eigenvalue weighted by atomic mass is 35.5. The lowest BCUT2D eigenvalue weighted by Crippen LogP contribution is -2.49. The van der Waals surface area contributed by atoms with Gasteiger partial charge in [-0.3, -0.25) is 10.2 Å². The molecule has 2 rings (SSSR count). The Morgan fingerprint density at radius 1 is 0.971 bits per heavy atom. The molecule has 0 aliphatic rings. The molecule has 0 aromatic heterocycles. The lowest BCUT2D eigenvalue weighted by molar-refractivity contribution is -0.139. The van der Waals surface area contributed by atoms with Crippen molar-refractivity contribution < 1.29 is 35.9 Å². The van der Waals surface area contributed by atoms with Crippen LogP contribution in [-0.4, -0.2) is 30.8 Å². The van der Waals surface area contributed by atoms with Crippen molar-refractivity contribution >= 4 is 52.8 Å². The van der Waals surface area contributed by atoms with Crippen LogP contribution in [0, 0.1) is 6.92 Å². The maximum absolute atomic E-state index is 13.7. The maximum atomic E-state index is 13.7. The molecule has 5 nitrogen and oxygen atoms in total. The molecule has 1 atom stereocenters. The Hall–Kier alpha value is -2.63. The van der Waals surface area contributed by atoms with E-state index in [1.165, 1.54) is 36.5 Å². The third kappa shape index (κ3) is 8.52. The number of halogens is 9. The zero-order chi connectivity index (χ0) is 26.6. The normalized spacial score (nSPS) is 13.0. The molecule has 0 aliphatic carbocycles. The van der Waals surface area contributed by atoms with E-state index in [0.29, 0.717) is 11.1 Å². The molecule has 0 saturated heterocycles. The van der Waals surface area contributed by atoms with Gasteiger partial charge in [-0.15, -0.1) is 0 Å². The van der Waals surface area contributed by atoms with Crippen LogP contribution in [0.5, 0.6) is 0 Å². The molecule has 3 amide bonds. The van der Waals surface area contributed by atoms with Gasteiger partial charge in [0.05, 0.1) is 21.0 Å². The molecular weight excluding hydrogens is 547 g/mol. The zero-order valence-electron chi connectivity index (χ0n) is 17.5. The van der Waals surface area contributed by atoms with Gasteiger partial charge < -0.3 is 5.32 Å². The number of hydrogen-bond acceptors (Lipinski definition) is 2. The number of allylic oxidation sites excluding steroid dienone is 1. The molecule has 35 heavy (non-hydrogen) atoms. The minimum absolute atomic E-state index is 0.0295. The van der Waals surface area contributed by atoms with Crippen LogP contribution in [0.4, 0.5) is 31.1 Å². The fourth-order valence-corrected chi connectivity index (χ4v) is 3.44. The van der Waals surface area contributed by atoms with Crippen molar-refractivity contribution in [1.29, 1.82) is 0 Å². The molecule has 0 heterocycles. The highest BCUT2D eigenvalue weighted by Crippen LogP contribution is 2.41. The average molecular weight is 563 g/mol. The summed E-state index contributed by atoms with van der Waals surface area (Å²) in [4.78, 5) is 23.5. The SMILES string of the molecule is Cc1cc(/C=C/C(c2cc(Cl)c(Cl)c(Cl)c2)C(F)(F)F)ccc1C(=O)NNC(=O)NCC(F)(F)F. The number of alkyl halides is 6. The Labute approximate surface area is 210 Å². The van der Waals surface area contributed by atoms with Crippen molar-refractivity contribution in [1.82, 2.24) is 16.2 Å². The van der Waals surface area contributed by atoms with Crippen molar-refractivity contribution in [2.45, 2.75) is 25.2 Å². The van der Waals surface area contributed by atoms with Gasteiger partial charge in [0.25, 0.3) is 5.91 Å². The Bertz CT molecular complexity index is 1110. The van der Waals surface area contributed by atoms with Crippen LogP contribution in [0.25, 0.3) is 6.08 Å². The highest BCUT2D eigenvalue weighted by Gasteiger charge is 2.39. The molecule has 14 heteroatoms. The van der Waals surface area contributed by atoms with Crippen molar-refractivity contribution in [3.8, 4) is 0 Å². The highest BCUT2D eigenvalue weighted by molar-refractivity contribution is 6.48. The molecule has 0 spiro atoms. The molecule has 0 saturated carbocycles. The van der Waals surface area contributed by atoms with Crippen molar-refractivity contribution in [3.05, 3.63) is 73.7 Å². The van der Waals surface area contributed by atoms with Crippen LogP contribution in [0.2, 0.25) is 15.1 Å². The van der Waals surface area contributed by atoms with E-state index in [1.54, 1.807) is 5.43 Å². The lowest BCUT2D eigenvalue weighted by atomic mass is 9.96. The lowest BCUT2D eigenvalue weighted by Gasteiger charge is -2.18. The zero-order valence-corrected chi connectivity index (χ0v) is 19.8. The topological polar surface area (TPSA) is 70.2 Å². The third-order valence-corrected chi connectivity index (χ3v) is 5.63. The number of hydrazine groups is 1. The first-order chi connectivity index (χ1) is 16.1. The largest absolute Gasteiger partial charge is 0.405 e. The number of urea groups is 1. The van der Waals surface area contributed by atoms with Gasteiger partial charge in [-0.05, 0) is 41.8 Å². The van der Waals surface area contributed by atoms with Crippen LogP contribution in [0.15, 0.2) is 36.4 Å². The Morgan fingerprint density at radius 3 is 2.09 bits per heavy atom. The van der Waals surface area contributed by atoms with Gasteiger partial charge in [0.1, 0.15) is 6.54 Å². The molecule has 0 bridgehead atoms. The Kier molecular flexibility index (Phi) is 9.32. The second kappa shape index (κ2) is 11.4. The molecule has 1 unspecified atom stereocenters. The molecule has 190 valence electrons. The molecule has 3 N–H and O–H groups in total. The summed E-state index contributed by atoms with van der Waals surface area (Å²) >= 11 is 17.5. The average Bonchev–Trinajstić information content (AvgIpc) is 2.73. The summed E-state index contributed by atoms with van der Waals surface area (Å²) in [6.45, 7) is -0.113. The molecule has 2 aromatic carbocycles. The van der Waals surface area contributed by atoms with E-state index in [-0.39, 0.29) is 26.2 Å². The maximum Gasteiger partial charge on any atom is 0.405 e. The summed E-state index contributed by atoms with van der Waals surface area (Å²) in [7, 11) is 0. The molecular formula is C21H16Cl3F6N3O2. The van der Waals surface area contributed by atoms with Gasteiger partial charge in [-0.1, -0.05) is 59.1 Å². The first-order valence-corrected chi connectivity index (χ1v) is 10.6. The standard InChI is InChI=1S/C21H16Cl3F6N3O2/c1-10-6-11(2-4-13(10)18(34)32-33-19(35)31-9-20(25,26)27)3-5-14(21(28,29)30)12-7-15(22)17(24)16(23)8-12/h2-8,14H,9H2,1H3,(H,32,34)(H2,31,33,35)/b5-3+. The molecule has 0 fully saturated rings. The monoisotopic (exact) mass is 561 g/mol. The minimum Gasteiger partial charge on any atom is -0.328 e. The van der Waals surface area contributed by atoms with E-state index in [4.69, 9.17) is 34.8 Å². The van der Waals surface area contributed by atoms with E-state index < -0.39 is 36.8 Å². The summed E-state index contributed by atoms with van der Waals surface area (Å²) in [5, 5.41) is 1.16. The number of carbonyl (C=O) groups is 2. The van der Waals surface area contributed by atoms with E-state index in [0.717, 1.165) is 18.2 Å². The smallest absolute Gasteiger partial charge is 0.328 e. The number of amides is 3. The number of carbonyl (C=O) groups excluding carboxylic acids is 2. The van der Waals surface area contributed by atoms with Gasteiger partial charge in [-0.25, -0.2) is 10.2 Å². The Morgan fingerprint density at radius 2 is 1.57 bits per heavy atom. The van der Waals surface area contributed by atoms with Crippen LogP contribution in [-0.2, 0) is 0 Å². The first kappa shape index (κ1) is 28.6. The quantitative estimate of drug-likeness (QED) is 0.213. The van der Waals surface area contributed by atoms with E-state index in [1.807, 2.05) is 5.43 Å². The van der Waals surface area contributed by atoms with Gasteiger partial charge in [0.15, 0.2) is 0 Å². The third-order valence-electron chi connectivity index (χ3n) is 4.43. The molecule has 0 radical (unpaired) electrons. The summed E-state index contributed by atoms with van der Waals surface area (Å²) in [6, 6.07) is 4.87. The van der Waals surface area contributed by atoms with Gasteiger partial charge in [0.2, 0.25) is 0 Å². The number of hydrogen-bond donors (Lipinski definition) is 3. The van der Waals surface area contributed by atoms with Crippen molar-refractivity contribution in [2.24, 2.45) is 0 Å². The van der Waals surface area contributed by atoms with Crippen molar-refractivity contribution in [3.63, 3.8) is 0 Å². The Balaban J connectivity index is 2.15. The van der Waals surface area contributed by atoms with E-state index in [2.05, 4.69) is 0 Å². The predicted octanol–water partition coefficient (Wildman–Crippen LogP) is 6.82. The summed E-state index contributed by atoms with van der Waals surface area (Å²) in [6.07, 6.45) is -7.23. The van der Waals surface area contributed by atoms with Gasteiger partial charge in [0, 0.05) is 5.56 Å². The van der Waals surface area contributed by atoms with Gasteiger partial charge in [-0.2, -0.15) is 26.3 Å². The molecule has 2 aromatic rings. The number of rotatable bonds is 5. The van der Waals surface area contributed by atoms with Crippen LogP contribution in [0.3, 0.4) is 0 Å². The number of nitrogens with one attached hydrogen (secondary N) is 3. The second-order valence-corrected chi connectivity index (χ2v) is 8.32. The minimum atomic E-state index is -4.68. The fourth-order valence-electron chi connectivity index (χ4n) is 2.82. The van der Waals surface area contributed by atoms with Crippen LogP contribution < -0.4 is 16.2 Å². The predicted molar refractivity (Wildman–Crippen MR) is 121 cm³/mol.